The molecule has 2 heteroatoms. The van der Waals surface area contributed by atoms with Crippen molar-refractivity contribution in [3.05, 3.63) is 42.1 Å². The van der Waals surface area contributed by atoms with E-state index in [9.17, 15) is 0 Å². The number of rotatable bonds is 1. The fourth-order valence-electron chi connectivity index (χ4n) is 1.57. The molecule has 0 bridgehead atoms. The molecule has 2 rings (SSSR count). The lowest BCUT2D eigenvalue weighted by Gasteiger charge is -1.97. The first-order chi connectivity index (χ1) is 6.86. The van der Waals surface area contributed by atoms with Crippen molar-refractivity contribution < 1.29 is 0 Å². The number of allylic oxidation sites excluding steroid dienone is 1. The Morgan fingerprint density at radius 3 is 2.86 bits per heavy atom. The normalized spacial score (nSPS) is 10.9. The third kappa shape index (κ3) is 1.20. The molecule has 0 aliphatic carbocycles. The zero-order chi connectivity index (χ0) is 9.97. The fourth-order valence-corrected chi connectivity index (χ4v) is 1.57. The van der Waals surface area contributed by atoms with Gasteiger partial charge >= 0.3 is 0 Å². The zero-order valence-electron chi connectivity index (χ0n) is 7.94. The van der Waals surface area contributed by atoms with Crippen LogP contribution in [-0.4, -0.2) is 4.57 Å². The van der Waals surface area contributed by atoms with E-state index < -0.39 is 0 Å². The number of para-hydroxylation sites is 1. The first kappa shape index (κ1) is 8.58. The molecule has 0 spiro atoms. The van der Waals surface area contributed by atoms with Gasteiger partial charge in [0.2, 0.25) is 0 Å². The Hall–Kier alpha value is -2.01. The highest BCUT2D eigenvalue weighted by Crippen LogP contribution is 2.19. The molecular weight excluding hydrogens is 172 g/mol. The van der Waals surface area contributed by atoms with E-state index in [2.05, 4.69) is 6.07 Å². The van der Waals surface area contributed by atoms with Gasteiger partial charge in [-0.2, -0.15) is 5.26 Å². The van der Waals surface area contributed by atoms with E-state index in [4.69, 9.17) is 5.26 Å². The van der Waals surface area contributed by atoms with E-state index in [0.717, 1.165) is 10.9 Å². The number of aromatic nitrogens is 1. The van der Waals surface area contributed by atoms with Crippen LogP contribution < -0.4 is 0 Å². The fraction of sp³-hybridized carbons (Fsp3) is 0.0833. The standard InChI is InChI=1S/C12H10N2/c1-2-7-14-11(9-13)8-10-5-3-4-6-12(10)14/h2-8H,1H3/b7-2+. The van der Waals surface area contributed by atoms with E-state index >= 15 is 0 Å². The summed E-state index contributed by atoms with van der Waals surface area (Å²) in [6.07, 6.45) is 3.83. The molecule has 1 aromatic heterocycles. The maximum absolute atomic E-state index is 8.94. The molecule has 0 radical (unpaired) electrons. The van der Waals surface area contributed by atoms with Crippen LogP contribution in [0.1, 0.15) is 12.6 Å². The Balaban J connectivity index is 2.82. The first-order valence-electron chi connectivity index (χ1n) is 4.49. The Labute approximate surface area is 82.7 Å². The van der Waals surface area contributed by atoms with E-state index in [1.165, 1.54) is 0 Å². The number of benzene rings is 1. The first-order valence-corrected chi connectivity index (χ1v) is 4.49. The number of nitrogens with zero attached hydrogens (tertiary/aromatic N) is 2. The van der Waals surface area contributed by atoms with Crippen molar-refractivity contribution in [2.45, 2.75) is 6.92 Å². The molecule has 0 saturated heterocycles. The molecule has 0 amide bonds. The van der Waals surface area contributed by atoms with Crippen molar-refractivity contribution in [1.29, 1.82) is 5.26 Å². The van der Waals surface area contributed by atoms with Gasteiger partial charge in [0.25, 0.3) is 0 Å². The number of hydrogen-bond donors (Lipinski definition) is 0. The largest absolute Gasteiger partial charge is 0.308 e. The van der Waals surface area contributed by atoms with Gasteiger partial charge in [0, 0.05) is 11.6 Å². The summed E-state index contributed by atoms with van der Waals surface area (Å²) in [4.78, 5) is 0. The van der Waals surface area contributed by atoms with Gasteiger partial charge in [0.05, 0.1) is 5.52 Å². The Kier molecular flexibility index (Phi) is 2.08. The second kappa shape index (κ2) is 3.39. The van der Waals surface area contributed by atoms with Crippen LogP contribution in [0, 0.1) is 11.3 Å². The zero-order valence-corrected chi connectivity index (χ0v) is 7.94. The van der Waals surface area contributed by atoms with Crippen LogP contribution >= 0.6 is 0 Å². The van der Waals surface area contributed by atoms with Crippen molar-refractivity contribution in [2.75, 3.05) is 0 Å². The van der Waals surface area contributed by atoms with Crippen molar-refractivity contribution in [2.24, 2.45) is 0 Å². The summed E-state index contributed by atoms with van der Waals surface area (Å²) >= 11 is 0. The lowest BCUT2D eigenvalue weighted by Crippen LogP contribution is -1.88. The van der Waals surface area contributed by atoms with E-state index in [1.807, 2.05) is 54.1 Å². The molecule has 1 aromatic carbocycles. The van der Waals surface area contributed by atoms with Crippen molar-refractivity contribution in [1.82, 2.24) is 4.57 Å². The highest BCUT2D eigenvalue weighted by molar-refractivity contribution is 5.84. The van der Waals surface area contributed by atoms with Gasteiger partial charge < -0.3 is 4.57 Å². The number of hydrogen-bond acceptors (Lipinski definition) is 1. The molecule has 0 unspecified atom stereocenters. The summed E-state index contributed by atoms with van der Waals surface area (Å²) in [5.74, 6) is 0. The molecule has 0 atom stereocenters. The average Bonchev–Trinajstić information content (AvgIpc) is 2.58. The molecule has 0 fully saturated rings. The van der Waals surface area contributed by atoms with Gasteiger partial charge in [-0.15, -0.1) is 0 Å². The van der Waals surface area contributed by atoms with Gasteiger partial charge in [-0.3, -0.25) is 0 Å². The molecular formula is C12H10N2. The third-order valence-electron chi connectivity index (χ3n) is 2.16. The Morgan fingerprint density at radius 2 is 2.14 bits per heavy atom. The summed E-state index contributed by atoms with van der Waals surface area (Å²) in [6.45, 7) is 1.94. The summed E-state index contributed by atoms with van der Waals surface area (Å²) in [5, 5.41) is 10.0. The summed E-state index contributed by atoms with van der Waals surface area (Å²) < 4.78 is 1.90. The maximum atomic E-state index is 8.94. The summed E-state index contributed by atoms with van der Waals surface area (Å²) in [5.41, 5.74) is 1.74. The predicted molar refractivity (Wildman–Crippen MR) is 57.7 cm³/mol. The van der Waals surface area contributed by atoms with E-state index in [1.54, 1.807) is 0 Å². The van der Waals surface area contributed by atoms with E-state index in [-0.39, 0.29) is 0 Å². The van der Waals surface area contributed by atoms with Gasteiger partial charge in [-0.1, -0.05) is 24.3 Å². The SMILES string of the molecule is C/C=C/n1c(C#N)cc2ccccc21. The van der Waals surface area contributed by atoms with Crippen LogP contribution in [-0.2, 0) is 0 Å². The van der Waals surface area contributed by atoms with Crippen LogP contribution in [0.15, 0.2) is 36.4 Å². The highest BCUT2D eigenvalue weighted by atomic mass is 15.0. The highest BCUT2D eigenvalue weighted by Gasteiger charge is 2.04. The summed E-state index contributed by atoms with van der Waals surface area (Å²) in [6, 6.07) is 12.1. The van der Waals surface area contributed by atoms with Crippen LogP contribution in [0.25, 0.3) is 17.1 Å². The molecule has 0 aliphatic rings. The lowest BCUT2D eigenvalue weighted by molar-refractivity contribution is 1.18. The van der Waals surface area contributed by atoms with Gasteiger partial charge in [-0.25, -0.2) is 0 Å². The van der Waals surface area contributed by atoms with Gasteiger partial charge in [-0.05, 0) is 19.1 Å². The molecule has 2 aromatic rings. The molecule has 68 valence electrons. The van der Waals surface area contributed by atoms with Gasteiger partial charge in [0.1, 0.15) is 11.8 Å². The average molecular weight is 182 g/mol. The minimum absolute atomic E-state index is 0.671. The third-order valence-corrected chi connectivity index (χ3v) is 2.16. The van der Waals surface area contributed by atoms with Crippen molar-refractivity contribution in [3.8, 4) is 6.07 Å². The summed E-state index contributed by atoms with van der Waals surface area (Å²) in [7, 11) is 0. The second-order valence-electron chi connectivity index (χ2n) is 3.05. The number of fused-ring (bicyclic) bond motifs is 1. The van der Waals surface area contributed by atoms with Crippen LogP contribution in [0.4, 0.5) is 0 Å². The Morgan fingerprint density at radius 1 is 1.36 bits per heavy atom. The lowest BCUT2D eigenvalue weighted by atomic mass is 10.2. The quantitative estimate of drug-likeness (QED) is 0.666. The van der Waals surface area contributed by atoms with Gasteiger partial charge in [0.15, 0.2) is 0 Å². The molecule has 0 aliphatic heterocycles. The topological polar surface area (TPSA) is 28.7 Å². The van der Waals surface area contributed by atoms with Crippen molar-refractivity contribution in [3.63, 3.8) is 0 Å². The van der Waals surface area contributed by atoms with E-state index in [0.29, 0.717) is 5.69 Å². The Bertz CT molecular complexity index is 527. The van der Waals surface area contributed by atoms with Crippen molar-refractivity contribution >= 4 is 17.1 Å². The minimum Gasteiger partial charge on any atom is -0.308 e. The molecule has 0 N–H and O–H groups in total. The smallest absolute Gasteiger partial charge is 0.125 e. The monoisotopic (exact) mass is 182 g/mol. The maximum Gasteiger partial charge on any atom is 0.125 e. The molecule has 0 saturated carbocycles. The molecule has 14 heavy (non-hydrogen) atoms. The predicted octanol–water partition coefficient (Wildman–Crippen LogP) is 3.00. The molecule has 1 heterocycles. The van der Waals surface area contributed by atoms with Crippen LogP contribution in [0.3, 0.4) is 0 Å². The van der Waals surface area contributed by atoms with Crippen LogP contribution in [0.5, 0.6) is 0 Å². The van der Waals surface area contributed by atoms with Crippen LogP contribution in [0.2, 0.25) is 0 Å². The minimum atomic E-state index is 0.671. The molecule has 2 nitrogen and oxygen atoms in total. The second-order valence-corrected chi connectivity index (χ2v) is 3.05. The number of nitriles is 1.